The van der Waals surface area contributed by atoms with Gasteiger partial charge in [-0.1, -0.05) is 12.1 Å². The van der Waals surface area contributed by atoms with Gasteiger partial charge in [-0.05, 0) is 18.2 Å². The Bertz CT molecular complexity index is 588. The van der Waals surface area contributed by atoms with E-state index < -0.39 is 0 Å². The average molecular weight is 309 g/mol. The van der Waals surface area contributed by atoms with Crippen LogP contribution in [-0.2, 0) is 0 Å². The summed E-state index contributed by atoms with van der Waals surface area (Å²) in [4.78, 5) is 16.1. The SMILES string of the molecule is COc1cccc(C(=O)CC[NH2+]c2ccc(O)cn2)c1.[Cl-]. The number of nitrogens with two attached hydrogens (primary N) is 1. The summed E-state index contributed by atoms with van der Waals surface area (Å²) < 4.78 is 5.10. The molecule has 0 radical (unpaired) electrons. The molecule has 0 saturated carbocycles. The minimum Gasteiger partial charge on any atom is -1.00 e. The van der Waals surface area contributed by atoms with Crippen molar-refractivity contribution in [1.82, 2.24) is 4.98 Å². The summed E-state index contributed by atoms with van der Waals surface area (Å²) in [6, 6.07) is 10.4. The monoisotopic (exact) mass is 308 g/mol. The smallest absolute Gasteiger partial charge is 0.224 e. The fraction of sp³-hybridized carbons (Fsp3) is 0.200. The van der Waals surface area contributed by atoms with Gasteiger partial charge in [-0.3, -0.25) is 10.1 Å². The number of quaternary nitrogens is 1. The van der Waals surface area contributed by atoms with E-state index in [0.717, 1.165) is 5.82 Å². The zero-order valence-electron chi connectivity index (χ0n) is 11.6. The van der Waals surface area contributed by atoms with Gasteiger partial charge >= 0.3 is 0 Å². The molecular formula is C15H17ClN2O3. The van der Waals surface area contributed by atoms with E-state index in [9.17, 15) is 4.79 Å². The van der Waals surface area contributed by atoms with Crippen LogP contribution in [0.3, 0.4) is 0 Å². The molecule has 2 rings (SSSR count). The Morgan fingerprint density at radius 2 is 2.14 bits per heavy atom. The van der Waals surface area contributed by atoms with Crippen LogP contribution in [-0.4, -0.2) is 29.5 Å². The molecule has 3 N–H and O–H groups in total. The third-order valence-corrected chi connectivity index (χ3v) is 2.89. The Labute approximate surface area is 129 Å². The van der Waals surface area contributed by atoms with Crippen LogP contribution in [0, 0.1) is 0 Å². The van der Waals surface area contributed by atoms with Gasteiger partial charge < -0.3 is 22.3 Å². The number of rotatable bonds is 6. The van der Waals surface area contributed by atoms with E-state index in [4.69, 9.17) is 9.84 Å². The number of carbonyl (C=O) groups excluding carboxylic acids is 1. The fourth-order valence-corrected chi connectivity index (χ4v) is 1.81. The molecule has 0 fully saturated rings. The molecule has 0 spiro atoms. The van der Waals surface area contributed by atoms with Gasteiger partial charge in [-0.15, -0.1) is 0 Å². The molecule has 0 aliphatic rings. The van der Waals surface area contributed by atoms with Crippen molar-refractivity contribution in [2.24, 2.45) is 0 Å². The third-order valence-electron chi connectivity index (χ3n) is 2.89. The largest absolute Gasteiger partial charge is 1.00 e. The molecule has 1 aromatic heterocycles. The summed E-state index contributed by atoms with van der Waals surface area (Å²) in [5.41, 5.74) is 0.649. The number of benzene rings is 1. The maximum absolute atomic E-state index is 12.0. The highest BCUT2D eigenvalue weighted by Crippen LogP contribution is 2.13. The summed E-state index contributed by atoms with van der Waals surface area (Å²) in [7, 11) is 1.58. The Hall–Kier alpha value is -2.11. The summed E-state index contributed by atoms with van der Waals surface area (Å²) in [6.45, 7) is 0.605. The summed E-state index contributed by atoms with van der Waals surface area (Å²) in [6.07, 6.45) is 1.80. The van der Waals surface area contributed by atoms with Crippen molar-refractivity contribution in [3.8, 4) is 11.5 Å². The van der Waals surface area contributed by atoms with E-state index in [2.05, 4.69) is 4.98 Å². The van der Waals surface area contributed by atoms with Gasteiger partial charge in [0.2, 0.25) is 5.82 Å². The van der Waals surface area contributed by atoms with Crippen molar-refractivity contribution in [3.63, 3.8) is 0 Å². The second-order valence-electron chi connectivity index (χ2n) is 4.34. The summed E-state index contributed by atoms with van der Waals surface area (Å²) >= 11 is 0. The maximum atomic E-state index is 12.0. The molecular weight excluding hydrogens is 292 g/mol. The lowest BCUT2D eigenvalue weighted by Gasteiger charge is -2.03. The minimum atomic E-state index is 0. The molecule has 112 valence electrons. The molecule has 2 aromatic rings. The number of halogens is 1. The quantitative estimate of drug-likeness (QED) is 0.622. The molecule has 5 nitrogen and oxygen atoms in total. The van der Waals surface area contributed by atoms with Crippen LogP contribution in [0.4, 0.5) is 5.82 Å². The molecule has 0 atom stereocenters. The maximum Gasteiger partial charge on any atom is 0.224 e. The standard InChI is InChI=1S/C15H16N2O3.ClH/c1-20-13-4-2-3-11(9-13)14(19)7-8-16-15-6-5-12(18)10-17-15;/h2-6,9-10,18H,7-8H2,1H3,(H,16,17);1H. The lowest BCUT2D eigenvalue weighted by molar-refractivity contribution is -0.573. The number of pyridine rings is 1. The van der Waals surface area contributed by atoms with Crippen LogP contribution in [0.25, 0.3) is 0 Å². The predicted octanol–water partition coefficient (Wildman–Crippen LogP) is -1.73. The second kappa shape index (κ2) is 8.24. The van der Waals surface area contributed by atoms with Gasteiger partial charge in [-0.25, -0.2) is 4.98 Å². The van der Waals surface area contributed by atoms with Crippen molar-refractivity contribution in [1.29, 1.82) is 0 Å². The highest BCUT2D eigenvalue weighted by molar-refractivity contribution is 5.96. The van der Waals surface area contributed by atoms with E-state index in [1.54, 1.807) is 37.4 Å². The number of hydrogen-bond acceptors (Lipinski definition) is 4. The van der Waals surface area contributed by atoms with Gasteiger partial charge in [-0.2, -0.15) is 0 Å². The number of Topliss-reactive ketones (excluding diaryl/α,β-unsaturated/α-hetero) is 1. The zero-order valence-corrected chi connectivity index (χ0v) is 12.4. The minimum absolute atomic E-state index is 0. The van der Waals surface area contributed by atoms with Crippen molar-refractivity contribution in [2.75, 3.05) is 13.7 Å². The van der Waals surface area contributed by atoms with Crippen LogP contribution < -0.4 is 22.5 Å². The number of ether oxygens (including phenoxy) is 1. The first kappa shape index (κ1) is 16.9. The predicted molar refractivity (Wildman–Crippen MR) is 74.3 cm³/mol. The van der Waals surface area contributed by atoms with Crippen LogP contribution >= 0.6 is 0 Å². The van der Waals surface area contributed by atoms with Gasteiger partial charge in [0.25, 0.3) is 0 Å². The van der Waals surface area contributed by atoms with Crippen LogP contribution in [0.15, 0.2) is 42.6 Å². The second-order valence-corrected chi connectivity index (χ2v) is 4.34. The van der Waals surface area contributed by atoms with Crippen LogP contribution in [0.2, 0.25) is 0 Å². The number of hydrogen-bond donors (Lipinski definition) is 2. The number of carbonyl (C=O) groups is 1. The molecule has 0 bridgehead atoms. The lowest BCUT2D eigenvalue weighted by Crippen LogP contribution is -3.00. The molecule has 0 amide bonds. The van der Waals surface area contributed by atoms with E-state index in [1.807, 2.05) is 11.4 Å². The zero-order chi connectivity index (χ0) is 14.4. The molecule has 0 aliphatic heterocycles. The molecule has 1 aromatic carbocycles. The Balaban J connectivity index is 0.00000220. The van der Waals surface area contributed by atoms with E-state index in [-0.39, 0.29) is 23.9 Å². The van der Waals surface area contributed by atoms with Crippen molar-refractivity contribution in [2.45, 2.75) is 6.42 Å². The third kappa shape index (κ3) is 5.06. The highest BCUT2D eigenvalue weighted by atomic mass is 35.5. The molecule has 0 unspecified atom stereocenters. The first-order valence-corrected chi connectivity index (χ1v) is 6.34. The fourth-order valence-electron chi connectivity index (χ4n) is 1.81. The van der Waals surface area contributed by atoms with E-state index in [1.165, 1.54) is 6.20 Å². The summed E-state index contributed by atoms with van der Waals surface area (Å²) in [5, 5.41) is 11.0. The number of aromatic nitrogens is 1. The van der Waals surface area contributed by atoms with Crippen molar-refractivity contribution < 1.29 is 32.4 Å². The van der Waals surface area contributed by atoms with Gasteiger partial charge in [0.15, 0.2) is 5.78 Å². The number of aromatic hydroxyl groups is 1. The molecule has 6 heteroatoms. The van der Waals surface area contributed by atoms with Crippen LogP contribution in [0.5, 0.6) is 11.5 Å². The Morgan fingerprint density at radius 1 is 1.33 bits per heavy atom. The first-order chi connectivity index (χ1) is 9.69. The molecule has 21 heavy (non-hydrogen) atoms. The lowest BCUT2D eigenvalue weighted by atomic mass is 10.1. The number of methoxy groups -OCH3 is 1. The van der Waals surface area contributed by atoms with Crippen molar-refractivity contribution >= 4 is 11.6 Å². The Kier molecular flexibility index (Phi) is 6.65. The van der Waals surface area contributed by atoms with Gasteiger partial charge in [0.1, 0.15) is 11.5 Å². The van der Waals surface area contributed by atoms with E-state index in [0.29, 0.717) is 24.3 Å². The molecule has 0 saturated heterocycles. The average Bonchev–Trinajstić information content (AvgIpc) is 2.49. The first-order valence-electron chi connectivity index (χ1n) is 6.34. The van der Waals surface area contributed by atoms with Gasteiger partial charge in [0, 0.05) is 11.6 Å². The van der Waals surface area contributed by atoms with Crippen LogP contribution in [0.1, 0.15) is 16.8 Å². The number of nitrogens with zero attached hydrogens (tertiary/aromatic N) is 1. The normalized spacial score (nSPS) is 9.76. The van der Waals surface area contributed by atoms with Crippen molar-refractivity contribution in [3.05, 3.63) is 48.2 Å². The topological polar surface area (TPSA) is 76.0 Å². The highest BCUT2D eigenvalue weighted by Gasteiger charge is 2.08. The molecule has 0 aliphatic carbocycles. The molecule has 1 heterocycles. The van der Waals surface area contributed by atoms with Gasteiger partial charge in [0.05, 0.1) is 26.3 Å². The number of ketones is 1. The van der Waals surface area contributed by atoms with E-state index >= 15 is 0 Å². The summed E-state index contributed by atoms with van der Waals surface area (Å²) in [5.74, 6) is 1.63. The Morgan fingerprint density at radius 3 is 2.81 bits per heavy atom.